The molecule has 4 rings (SSSR count). The van der Waals surface area contributed by atoms with Crippen LogP contribution in [0.4, 0.5) is 23.2 Å². The molecule has 210 valence electrons. The number of amides is 2. The van der Waals surface area contributed by atoms with E-state index < -0.39 is 40.7 Å². The van der Waals surface area contributed by atoms with Crippen molar-refractivity contribution in [3.05, 3.63) is 47.7 Å². The zero-order valence-corrected chi connectivity index (χ0v) is 22.4. The predicted octanol–water partition coefficient (Wildman–Crippen LogP) is 4.01. The van der Waals surface area contributed by atoms with Crippen LogP contribution in [0.2, 0.25) is 0 Å². The van der Waals surface area contributed by atoms with Crippen molar-refractivity contribution >= 4 is 34.4 Å². The summed E-state index contributed by atoms with van der Waals surface area (Å²) < 4.78 is 55.7. The van der Waals surface area contributed by atoms with E-state index in [1.807, 2.05) is 20.8 Å². The van der Waals surface area contributed by atoms with Crippen molar-refractivity contribution in [3.63, 3.8) is 0 Å². The summed E-state index contributed by atoms with van der Waals surface area (Å²) in [6.07, 6.45) is -2.24. The zero-order chi connectivity index (χ0) is 28.8. The molecule has 2 amide bonds. The van der Waals surface area contributed by atoms with Crippen LogP contribution < -0.4 is 21.1 Å². The number of benzene rings is 1. The van der Waals surface area contributed by atoms with Gasteiger partial charge in [-0.3, -0.25) is 14.6 Å². The van der Waals surface area contributed by atoms with Crippen LogP contribution in [0.25, 0.3) is 0 Å². The molecule has 0 spiro atoms. The summed E-state index contributed by atoms with van der Waals surface area (Å²) in [6.45, 7) is 6.08. The van der Waals surface area contributed by atoms with Crippen LogP contribution in [0.15, 0.2) is 35.6 Å². The number of aliphatic imine (C=N–C) groups is 1. The van der Waals surface area contributed by atoms with Gasteiger partial charge in [-0.05, 0) is 44.4 Å². The van der Waals surface area contributed by atoms with E-state index in [0.29, 0.717) is 6.42 Å². The van der Waals surface area contributed by atoms with Crippen LogP contribution >= 0.6 is 11.8 Å². The van der Waals surface area contributed by atoms with Crippen molar-refractivity contribution in [1.82, 2.24) is 15.3 Å². The highest BCUT2D eigenvalue weighted by atomic mass is 32.2. The van der Waals surface area contributed by atoms with Gasteiger partial charge in [-0.1, -0.05) is 25.6 Å². The van der Waals surface area contributed by atoms with Crippen LogP contribution in [0.5, 0.6) is 5.88 Å². The summed E-state index contributed by atoms with van der Waals surface area (Å²) in [5, 5.41) is 5.77. The van der Waals surface area contributed by atoms with Crippen LogP contribution in [0.3, 0.4) is 0 Å². The summed E-state index contributed by atoms with van der Waals surface area (Å²) in [7, 11) is 0. The molecule has 39 heavy (non-hydrogen) atoms. The minimum absolute atomic E-state index is 0.0660. The van der Waals surface area contributed by atoms with E-state index in [2.05, 4.69) is 30.3 Å². The molecule has 1 aromatic heterocycles. The molecule has 2 aliphatic rings. The molecule has 4 N–H and O–H groups in total. The summed E-state index contributed by atoms with van der Waals surface area (Å²) in [5.41, 5.74) is 5.14. The smallest absolute Gasteiger partial charge is 0.422 e. The fraction of sp³-hybridized carbons (Fsp3) is 0.480. The molecule has 1 saturated carbocycles. The van der Waals surface area contributed by atoms with E-state index in [0.717, 1.165) is 12.4 Å². The number of carbonyl (C=O) groups excluding carboxylic acids is 2. The Morgan fingerprint density at radius 3 is 2.56 bits per heavy atom. The van der Waals surface area contributed by atoms with Gasteiger partial charge in [0, 0.05) is 23.2 Å². The lowest BCUT2D eigenvalue weighted by Gasteiger charge is -2.34. The van der Waals surface area contributed by atoms with Gasteiger partial charge < -0.3 is 21.1 Å². The molecule has 4 atom stereocenters. The molecule has 1 unspecified atom stereocenters. The number of hydrogen-bond acceptors (Lipinski definition) is 8. The van der Waals surface area contributed by atoms with Crippen molar-refractivity contribution in [2.75, 3.05) is 11.9 Å². The number of thioether (sulfide) groups is 1. The van der Waals surface area contributed by atoms with E-state index in [-0.39, 0.29) is 45.9 Å². The molecule has 1 aliphatic heterocycles. The van der Waals surface area contributed by atoms with Crippen LogP contribution in [0, 0.1) is 17.7 Å². The van der Waals surface area contributed by atoms with Gasteiger partial charge in [0.25, 0.3) is 5.91 Å². The maximum absolute atomic E-state index is 15.2. The molecule has 14 heteroatoms. The van der Waals surface area contributed by atoms with Crippen LogP contribution in [-0.4, -0.2) is 50.5 Å². The molecule has 9 nitrogen and oxygen atoms in total. The third-order valence-electron chi connectivity index (χ3n) is 6.97. The number of halogens is 4. The number of fused-ring (bicyclic) bond motifs is 1. The van der Waals surface area contributed by atoms with E-state index in [1.54, 1.807) is 6.92 Å². The minimum atomic E-state index is -4.54. The Hall–Kier alpha value is -3.42. The molecular formula is C25H28F4N6O3S. The van der Waals surface area contributed by atoms with Gasteiger partial charge in [0.15, 0.2) is 11.8 Å². The molecule has 0 bridgehead atoms. The average Bonchev–Trinajstić information content (AvgIpc) is 3.60. The summed E-state index contributed by atoms with van der Waals surface area (Å²) in [4.78, 5) is 37.9. The highest BCUT2D eigenvalue weighted by Crippen LogP contribution is 2.66. The quantitative estimate of drug-likeness (QED) is 0.410. The number of rotatable bonds is 8. The monoisotopic (exact) mass is 568 g/mol. The van der Waals surface area contributed by atoms with Crippen LogP contribution in [0.1, 0.15) is 50.2 Å². The Morgan fingerprint density at radius 1 is 1.23 bits per heavy atom. The molecule has 2 aromatic rings. The number of aromatic nitrogens is 2. The minimum Gasteiger partial charge on any atom is -0.467 e. The summed E-state index contributed by atoms with van der Waals surface area (Å²) in [5.74, 6) is -1.99. The number of hydrogen-bond donors (Lipinski definition) is 3. The van der Waals surface area contributed by atoms with E-state index in [1.165, 1.54) is 30.0 Å². The maximum atomic E-state index is 15.2. The molecule has 1 aliphatic carbocycles. The second-order valence-corrected chi connectivity index (χ2v) is 11.5. The van der Waals surface area contributed by atoms with Crippen molar-refractivity contribution in [1.29, 1.82) is 0 Å². The fourth-order valence-corrected chi connectivity index (χ4v) is 5.80. The molecule has 0 saturated heterocycles. The van der Waals surface area contributed by atoms with E-state index in [9.17, 15) is 22.8 Å². The van der Waals surface area contributed by atoms with Crippen molar-refractivity contribution in [2.45, 2.75) is 56.6 Å². The van der Waals surface area contributed by atoms with Crippen LogP contribution in [-0.2, 0) is 10.3 Å². The Bertz CT molecular complexity index is 1310. The van der Waals surface area contributed by atoms with E-state index in [4.69, 9.17) is 5.73 Å². The predicted molar refractivity (Wildman–Crippen MR) is 138 cm³/mol. The first-order valence-electron chi connectivity index (χ1n) is 12.1. The van der Waals surface area contributed by atoms with Gasteiger partial charge in [0.2, 0.25) is 11.8 Å². The number of carbonyl (C=O) groups is 2. The number of nitrogens with zero attached hydrogens (tertiary/aromatic N) is 3. The van der Waals surface area contributed by atoms with Gasteiger partial charge in [-0.15, -0.1) is 0 Å². The number of nitrogens with two attached hydrogens (primary N) is 1. The molecule has 0 radical (unpaired) electrons. The lowest BCUT2D eigenvalue weighted by Crippen LogP contribution is -2.47. The van der Waals surface area contributed by atoms with E-state index >= 15 is 4.39 Å². The van der Waals surface area contributed by atoms with Crippen molar-refractivity contribution in [3.8, 4) is 5.88 Å². The highest BCUT2D eigenvalue weighted by molar-refractivity contribution is 8.15. The van der Waals surface area contributed by atoms with Gasteiger partial charge in [-0.25, -0.2) is 14.4 Å². The summed E-state index contributed by atoms with van der Waals surface area (Å²) >= 11 is 1.18. The maximum Gasteiger partial charge on any atom is 0.422 e. The van der Waals surface area contributed by atoms with Crippen molar-refractivity contribution < 1.29 is 31.9 Å². The summed E-state index contributed by atoms with van der Waals surface area (Å²) in [6, 6.07) is 3.87. The third-order valence-corrected chi connectivity index (χ3v) is 8.28. The highest BCUT2D eigenvalue weighted by Gasteiger charge is 2.70. The molecular weight excluding hydrogens is 540 g/mol. The number of nitrogens with one attached hydrogen (secondary N) is 2. The largest absolute Gasteiger partial charge is 0.467 e. The Balaban J connectivity index is 1.53. The SMILES string of the molecule is CC(C)C(C)NC(=O)[C@]12C[C@H]1[C@@](C)(c1cc(NC(=O)c3cnc(OCC(F)(F)F)cn3)ccc1F)N=C(N)S2. The topological polar surface area (TPSA) is 132 Å². The first-order chi connectivity index (χ1) is 18.1. The van der Waals surface area contributed by atoms with Gasteiger partial charge >= 0.3 is 6.18 Å². The Kier molecular flexibility index (Phi) is 7.54. The lowest BCUT2D eigenvalue weighted by molar-refractivity contribution is -0.154. The lowest BCUT2D eigenvalue weighted by atomic mass is 9.85. The average molecular weight is 569 g/mol. The second-order valence-electron chi connectivity index (χ2n) is 10.1. The number of ether oxygens (including phenoxy) is 1. The molecule has 2 heterocycles. The number of amidine groups is 1. The molecule has 1 fully saturated rings. The Morgan fingerprint density at radius 2 is 1.95 bits per heavy atom. The van der Waals surface area contributed by atoms with Gasteiger partial charge in [0.05, 0.1) is 17.9 Å². The third kappa shape index (κ3) is 5.94. The second kappa shape index (κ2) is 10.3. The Labute approximate surface area is 226 Å². The molecule has 1 aromatic carbocycles. The first-order valence-corrected chi connectivity index (χ1v) is 12.9. The first kappa shape index (κ1) is 28.6. The fourth-order valence-electron chi connectivity index (χ4n) is 4.42. The van der Waals surface area contributed by atoms with Gasteiger partial charge in [0.1, 0.15) is 16.3 Å². The van der Waals surface area contributed by atoms with Crippen molar-refractivity contribution in [2.24, 2.45) is 22.6 Å². The zero-order valence-electron chi connectivity index (χ0n) is 21.6. The normalized spacial score (nSPS) is 24.8. The number of alkyl halides is 3. The number of anilines is 1. The standard InChI is InChI=1S/C25H28F4N6O3S/c1-12(2)13(3)33-21(37)24-8-18(24)23(4,35-22(30)39-24)15-7-14(5-6-16(15)26)34-20(36)17-9-32-19(10-31-17)38-11-25(27,28)29/h5-7,9-10,12-13,18H,8,11H2,1-4H3,(H2,30,35)(H,33,37)(H,34,36)/t13?,18-,23+,24-/m0/s1. The van der Waals surface area contributed by atoms with Gasteiger partial charge in [-0.2, -0.15) is 13.2 Å².